The number of hydrogen-bond donors (Lipinski definition) is 1. The molecule has 1 aliphatic rings. The summed E-state index contributed by atoms with van der Waals surface area (Å²) in [5, 5.41) is 2.73. The zero-order valence-electron chi connectivity index (χ0n) is 16.5. The molecule has 2 aromatic carbocycles. The van der Waals surface area contributed by atoms with E-state index >= 15 is 0 Å². The highest BCUT2D eigenvalue weighted by Gasteiger charge is 2.29. The summed E-state index contributed by atoms with van der Waals surface area (Å²) in [6.07, 6.45) is 0.529. The Labute approximate surface area is 170 Å². The lowest BCUT2D eigenvalue weighted by molar-refractivity contribution is 0.0730. The fourth-order valence-corrected chi connectivity index (χ4v) is 4.90. The molecule has 0 aromatic heterocycles. The molecule has 8 heteroatoms. The zero-order chi connectivity index (χ0) is 21.0. The Morgan fingerprint density at radius 1 is 1.07 bits per heavy atom. The SMILES string of the molecule is CCc1ccc(C(=O)Nc2cccc(C(C)=O)c2)cc1S(=O)(=O)N1CCOCC1. The number of carbonyl (C=O) groups is 2. The van der Waals surface area contributed by atoms with E-state index in [4.69, 9.17) is 4.74 Å². The van der Waals surface area contributed by atoms with Gasteiger partial charge in [-0.25, -0.2) is 8.42 Å². The van der Waals surface area contributed by atoms with Gasteiger partial charge < -0.3 is 10.1 Å². The van der Waals surface area contributed by atoms with E-state index in [9.17, 15) is 18.0 Å². The molecule has 1 heterocycles. The van der Waals surface area contributed by atoms with Gasteiger partial charge in [-0.15, -0.1) is 0 Å². The normalized spacial score (nSPS) is 15.1. The minimum absolute atomic E-state index is 0.104. The molecule has 0 unspecified atom stereocenters. The van der Waals surface area contributed by atoms with Crippen molar-refractivity contribution in [2.24, 2.45) is 0 Å². The van der Waals surface area contributed by atoms with Crippen LogP contribution in [0.1, 0.15) is 40.1 Å². The van der Waals surface area contributed by atoms with E-state index in [0.717, 1.165) is 0 Å². The molecule has 0 radical (unpaired) electrons. The first-order chi connectivity index (χ1) is 13.8. The van der Waals surface area contributed by atoms with Crippen LogP contribution < -0.4 is 5.32 Å². The van der Waals surface area contributed by atoms with Crippen molar-refractivity contribution in [3.63, 3.8) is 0 Å². The van der Waals surface area contributed by atoms with Gasteiger partial charge in [-0.05, 0) is 43.2 Å². The van der Waals surface area contributed by atoms with Gasteiger partial charge >= 0.3 is 0 Å². The summed E-state index contributed by atoms with van der Waals surface area (Å²) in [7, 11) is -3.72. The van der Waals surface area contributed by atoms with Crippen LogP contribution in [0.25, 0.3) is 0 Å². The molecule has 154 valence electrons. The van der Waals surface area contributed by atoms with E-state index in [0.29, 0.717) is 49.5 Å². The number of ketones is 1. The van der Waals surface area contributed by atoms with Crippen LogP contribution in [0.4, 0.5) is 5.69 Å². The molecule has 1 saturated heterocycles. The van der Waals surface area contributed by atoms with Crippen molar-refractivity contribution >= 4 is 27.4 Å². The van der Waals surface area contributed by atoms with Crippen LogP contribution in [0.2, 0.25) is 0 Å². The van der Waals surface area contributed by atoms with Crippen LogP contribution in [-0.4, -0.2) is 50.7 Å². The highest BCUT2D eigenvalue weighted by molar-refractivity contribution is 7.89. The van der Waals surface area contributed by atoms with Crippen molar-refractivity contribution in [2.45, 2.75) is 25.2 Å². The number of Topliss-reactive ketones (excluding diaryl/α,β-unsaturated/α-hetero) is 1. The van der Waals surface area contributed by atoms with Crippen LogP contribution >= 0.6 is 0 Å². The Morgan fingerprint density at radius 3 is 2.45 bits per heavy atom. The maximum atomic E-state index is 13.1. The number of amides is 1. The van der Waals surface area contributed by atoms with Crippen LogP contribution in [0.15, 0.2) is 47.4 Å². The first-order valence-corrected chi connectivity index (χ1v) is 10.9. The first-order valence-electron chi connectivity index (χ1n) is 9.46. The van der Waals surface area contributed by atoms with E-state index in [1.165, 1.54) is 17.3 Å². The molecule has 3 rings (SSSR count). The minimum Gasteiger partial charge on any atom is -0.379 e. The lowest BCUT2D eigenvalue weighted by Gasteiger charge is -2.27. The Morgan fingerprint density at radius 2 is 1.79 bits per heavy atom. The maximum Gasteiger partial charge on any atom is 0.255 e. The highest BCUT2D eigenvalue weighted by Crippen LogP contribution is 2.24. The topological polar surface area (TPSA) is 92.8 Å². The second kappa shape index (κ2) is 8.86. The molecule has 0 bridgehead atoms. The molecular weight excluding hydrogens is 392 g/mol. The first kappa shape index (κ1) is 21.2. The van der Waals surface area contributed by atoms with Gasteiger partial charge in [0.05, 0.1) is 18.1 Å². The number of ether oxygens (including phenoxy) is 1. The van der Waals surface area contributed by atoms with Crippen LogP contribution in [-0.2, 0) is 21.2 Å². The summed E-state index contributed by atoms with van der Waals surface area (Å²) in [5.41, 5.74) is 1.86. The van der Waals surface area contributed by atoms with E-state index in [-0.39, 0.29) is 16.2 Å². The van der Waals surface area contributed by atoms with Gasteiger partial charge in [0.1, 0.15) is 0 Å². The van der Waals surface area contributed by atoms with Gasteiger partial charge in [0, 0.05) is 29.9 Å². The molecule has 1 aliphatic heterocycles. The van der Waals surface area contributed by atoms with Gasteiger partial charge in [0.15, 0.2) is 5.78 Å². The summed E-state index contributed by atoms with van der Waals surface area (Å²) < 4.78 is 32.9. The largest absolute Gasteiger partial charge is 0.379 e. The van der Waals surface area contributed by atoms with E-state index in [1.54, 1.807) is 36.4 Å². The Balaban J connectivity index is 1.91. The Hall–Kier alpha value is -2.55. The van der Waals surface area contributed by atoms with Gasteiger partial charge in [0.2, 0.25) is 10.0 Å². The summed E-state index contributed by atoms with van der Waals surface area (Å²) in [6, 6.07) is 11.3. The maximum absolute atomic E-state index is 13.1. The fraction of sp³-hybridized carbons (Fsp3) is 0.333. The average Bonchev–Trinajstić information content (AvgIpc) is 2.74. The molecule has 1 N–H and O–H groups in total. The number of aryl methyl sites for hydroxylation is 1. The number of nitrogens with zero attached hydrogens (tertiary/aromatic N) is 1. The number of hydrogen-bond acceptors (Lipinski definition) is 5. The number of nitrogens with one attached hydrogen (secondary N) is 1. The number of anilines is 1. The van der Waals surface area contributed by atoms with Crippen molar-refractivity contribution in [1.82, 2.24) is 4.31 Å². The quantitative estimate of drug-likeness (QED) is 0.731. The smallest absolute Gasteiger partial charge is 0.255 e. The van der Waals surface area contributed by atoms with Crippen molar-refractivity contribution in [3.8, 4) is 0 Å². The van der Waals surface area contributed by atoms with E-state index < -0.39 is 15.9 Å². The molecular formula is C21H24N2O5S. The summed E-state index contributed by atoms with van der Waals surface area (Å²) in [6.45, 7) is 4.62. The third kappa shape index (κ3) is 4.72. The molecule has 1 amide bonds. The molecule has 1 fully saturated rings. The molecule has 7 nitrogen and oxygen atoms in total. The Bertz CT molecular complexity index is 1030. The van der Waals surface area contributed by atoms with E-state index in [1.807, 2.05) is 6.92 Å². The van der Waals surface area contributed by atoms with Gasteiger partial charge in [-0.3, -0.25) is 9.59 Å². The third-order valence-corrected chi connectivity index (χ3v) is 6.81. The molecule has 0 spiro atoms. The highest BCUT2D eigenvalue weighted by atomic mass is 32.2. The standard InChI is InChI=1S/C21H24N2O5S/c1-3-16-7-8-18(14-20(16)29(26,27)23-9-11-28-12-10-23)21(25)22-19-6-4-5-17(13-19)15(2)24/h4-8,13-14H,3,9-12H2,1-2H3,(H,22,25). The van der Waals surface area contributed by atoms with Gasteiger partial charge in [-0.1, -0.05) is 25.1 Å². The minimum atomic E-state index is -3.72. The summed E-state index contributed by atoms with van der Waals surface area (Å²) in [4.78, 5) is 24.4. The predicted molar refractivity (Wildman–Crippen MR) is 110 cm³/mol. The number of rotatable bonds is 6. The average molecular weight is 416 g/mol. The summed E-state index contributed by atoms with van der Waals surface area (Å²) >= 11 is 0. The second-order valence-electron chi connectivity index (χ2n) is 6.78. The number of carbonyl (C=O) groups excluding carboxylic acids is 2. The Kier molecular flexibility index (Phi) is 6.46. The van der Waals surface area contributed by atoms with Crippen molar-refractivity contribution in [3.05, 3.63) is 59.2 Å². The van der Waals surface area contributed by atoms with Gasteiger partial charge in [-0.2, -0.15) is 4.31 Å². The molecule has 0 atom stereocenters. The number of benzene rings is 2. The van der Waals surface area contributed by atoms with Crippen molar-refractivity contribution in [2.75, 3.05) is 31.6 Å². The second-order valence-corrected chi connectivity index (χ2v) is 8.69. The third-order valence-electron chi connectivity index (χ3n) is 4.83. The van der Waals surface area contributed by atoms with Crippen LogP contribution in [0.5, 0.6) is 0 Å². The lowest BCUT2D eigenvalue weighted by Crippen LogP contribution is -2.41. The molecule has 0 saturated carbocycles. The van der Waals surface area contributed by atoms with E-state index in [2.05, 4.69) is 5.32 Å². The zero-order valence-corrected chi connectivity index (χ0v) is 17.3. The van der Waals surface area contributed by atoms with Crippen LogP contribution in [0, 0.1) is 0 Å². The lowest BCUT2D eigenvalue weighted by atomic mass is 10.1. The van der Waals surface area contributed by atoms with Crippen LogP contribution in [0.3, 0.4) is 0 Å². The van der Waals surface area contributed by atoms with Crippen molar-refractivity contribution < 1.29 is 22.7 Å². The monoisotopic (exact) mass is 416 g/mol. The molecule has 2 aromatic rings. The predicted octanol–water partition coefficient (Wildman–Crippen LogP) is 2.72. The molecule has 0 aliphatic carbocycles. The van der Waals surface area contributed by atoms with Crippen molar-refractivity contribution in [1.29, 1.82) is 0 Å². The fourth-order valence-electron chi connectivity index (χ4n) is 3.17. The molecule has 29 heavy (non-hydrogen) atoms. The number of morpholine rings is 1. The van der Waals surface area contributed by atoms with Gasteiger partial charge in [0.25, 0.3) is 5.91 Å². The summed E-state index contributed by atoms with van der Waals surface area (Å²) in [5.74, 6) is -0.543. The number of sulfonamides is 1.